The molecular formula is C16H11Cl2F3N2O3. The zero-order chi connectivity index (χ0) is 19.3. The second kappa shape index (κ2) is 8.29. The number of ether oxygens (including phenoxy) is 1. The number of carbonyl (C=O) groups is 2. The number of para-hydroxylation sites is 2. The lowest BCUT2D eigenvalue weighted by Crippen LogP contribution is -2.30. The third-order valence-electron chi connectivity index (χ3n) is 2.96. The highest BCUT2D eigenvalue weighted by molar-refractivity contribution is 6.35. The zero-order valence-corrected chi connectivity index (χ0v) is 14.4. The van der Waals surface area contributed by atoms with Gasteiger partial charge in [0.2, 0.25) is 0 Å². The van der Waals surface area contributed by atoms with Gasteiger partial charge in [0.25, 0.3) is 5.91 Å². The third-order valence-corrected chi connectivity index (χ3v) is 3.49. The Kier molecular flexibility index (Phi) is 6.33. The van der Waals surface area contributed by atoms with Crippen LogP contribution in [-0.2, 0) is 9.59 Å². The van der Waals surface area contributed by atoms with Crippen LogP contribution in [0.2, 0.25) is 10.0 Å². The first-order valence-electron chi connectivity index (χ1n) is 7.01. The van der Waals surface area contributed by atoms with E-state index in [-0.39, 0.29) is 22.1 Å². The molecule has 2 rings (SSSR count). The minimum absolute atomic E-state index is 0.0131. The van der Waals surface area contributed by atoms with Crippen molar-refractivity contribution in [1.29, 1.82) is 0 Å². The summed E-state index contributed by atoms with van der Waals surface area (Å²) in [5, 5.41) is 4.63. The molecule has 0 bridgehead atoms. The normalized spacial score (nSPS) is 11.0. The molecule has 0 aliphatic carbocycles. The SMILES string of the molecule is O=C(COc1ccc(Cl)cc1Cl)Nc1ccccc1NC(=O)C(F)(F)F. The fourth-order valence-corrected chi connectivity index (χ4v) is 2.28. The van der Waals surface area contributed by atoms with Gasteiger partial charge in [0.1, 0.15) is 5.75 Å². The van der Waals surface area contributed by atoms with Crippen molar-refractivity contribution < 1.29 is 27.5 Å². The van der Waals surface area contributed by atoms with Crippen LogP contribution in [-0.4, -0.2) is 24.6 Å². The highest BCUT2D eigenvalue weighted by Crippen LogP contribution is 2.28. The molecule has 2 amide bonds. The van der Waals surface area contributed by atoms with Crippen LogP contribution in [0, 0.1) is 0 Å². The van der Waals surface area contributed by atoms with Crippen molar-refractivity contribution in [2.75, 3.05) is 17.2 Å². The van der Waals surface area contributed by atoms with E-state index in [0.29, 0.717) is 5.02 Å². The topological polar surface area (TPSA) is 67.4 Å². The summed E-state index contributed by atoms with van der Waals surface area (Å²) in [5.41, 5.74) is -0.214. The lowest BCUT2D eigenvalue weighted by Gasteiger charge is -2.14. The summed E-state index contributed by atoms with van der Waals surface area (Å²) in [6.45, 7) is -0.455. The third kappa shape index (κ3) is 5.53. The van der Waals surface area contributed by atoms with Crippen LogP contribution in [0.5, 0.6) is 5.75 Å². The number of halogens is 5. The highest BCUT2D eigenvalue weighted by atomic mass is 35.5. The standard InChI is InChI=1S/C16H11Cl2F3N2O3/c17-9-5-6-13(10(18)7-9)26-8-14(24)22-11-3-1-2-4-12(11)23-15(25)16(19,20)21/h1-7H,8H2,(H,22,24)(H,23,25). The quantitative estimate of drug-likeness (QED) is 0.767. The zero-order valence-electron chi connectivity index (χ0n) is 12.9. The van der Waals surface area contributed by atoms with Gasteiger partial charge in [-0.1, -0.05) is 35.3 Å². The lowest BCUT2D eigenvalue weighted by atomic mass is 10.2. The second-order valence-electron chi connectivity index (χ2n) is 4.91. The first-order chi connectivity index (χ1) is 12.2. The Morgan fingerprint density at radius 3 is 2.19 bits per heavy atom. The molecule has 0 radical (unpaired) electrons. The molecule has 0 fully saturated rings. The number of rotatable bonds is 5. The van der Waals surface area contributed by atoms with Crippen LogP contribution in [0.1, 0.15) is 0 Å². The second-order valence-corrected chi connectivity index (χ2v) is 5.75. The lowest BCUT2D eigenvalue weighted by molar-refractivity contribution is -0.167. The minimum Gasteiger partial charge on any atom is -0.482 e. The molecule has 0 heterocycles. The molecule has 0 saturated carbocycles. The van der Waals surface area contributed by atoms with Crippen LogP contribution in [0.3, 0.4) is 0 Å². The number of hydrogen-bond donors (Lipinski definition) is 2. The predicted octanol–water partition coefficient (Wildman–Crippen LogP) is 4.51. The van der Waals surface area contributed by atoms with E-state index in [4.69, 9.17) is 27.9 Å². The molecule has 0 aliphatic heterocycles. The van der Waals surface area contributed by atoms with E-state index in [0.717, 1.165) is 0 Å². The summed E-state index contributed by atoms with van der Waals surface area (Å²) in [6, 6.07) is 9.85. The first-order valence-corrected chi connectivity index (χ1v) is 7.77. The van der Waals surface area contributed by atoms with Gasteiger partial charge in [-0.3, -0.25) is 9.59 Å². The molecule has 0 saturated heterocycles. The fraction of sp³-hybridized carbons (Fsp3) is 0.125. The predicted molar refractivity (Wildman–Crippen MR) is 91.7 cm³/mol. The number of amides is 2. The smallest absolute Gasteiger partial charge is 0.471 e. The summed E-state index contributed by atoms with van der Waals surface area (Å²) in [4.78, 5) is 23.0. The van der Waals surface area contributed by atoms with E-state index < -0.39 is 24.6 Å². The number of benzene rings is 2. The molecule has 2 N–H and O–H groups in total. The Balaban J connectivity index is 2.02. The van der Waals surface area contributed by atoms with Gasteiger partial charge in [-0.25, -0.2) is 0 Å². The van der Waals surface area contributed by atoms with Crippen molar-refractivity contribution in [2.45, 2.75) is 6.18 Å². The Morgan fingerprint density at radius 2 is 1.62 bits per heavy atom. The van der Waals surface area contributed by atoms with Crippen LogP contribution in [0.15, 0.2) is 42.5 Å². The fourth-order valence-electron chi connectivity index (χ4n) is 1.82. The van der Waals surface area contributed by atoms with E-state index in [2.05, 4.69) is 5.32 Å². The Bertz CT molecular complexity index is 829. The van der Waals surface area contributed by atoms with Crippen molar-refractivity contribution in [1.82, 2.24) is 0 Å². The van der Waals surface area contributed by atoms with Crippen molar-refractivity contribution in [2.24, 2.45) is 0 Å². The maximum absolute atomic E-state index is 12.4. The summed E-state index contributed by atoms with van der Waals surface area (Å²) in [6.07, 6.45) is -5.05. The maximum Gasteiger partial charge on any atom is 0.471 e. The summed E-state index contributed by atoms with van der Waals surface area (Å²) < 4.78 is 42.3. The van der Waals surface area contributed by atoms with Crippen molar-refractivity contribution in [3.05, 3.63) is 52.5 Å². The van der Waals surface area contributed by atoms with E-state index >= 15 is 0 Å². The number of nitrogens with one attached hydrogen (secondary N) is 2. The van der Waals surface area contributed by atoms with Gasteiger partial charge in [-0.15, -0.1) is 0 Å². The van der Waals surface area contributed by atoms with E-state index in [1.807, 2.05) is 0 Å². The average molecular weight is 407 g/mol. The van der Waals surface area contributed by atoms with Crippen molar-refractivity contribution >= 4 is 46.4 Å². The summed E-state index contributed by atoms with van der Waals surface area (Å²) in [7, 11) is 0. The van der Waals surface area contributed by atoms with Gasteiger partial charge in [-0.2, -0.15) is 13.2 Å². The Morgan fingerprint density at radius 1 is 1.00 bits per heavy atom. The minimum atomic E-state index is -5.05. The molecule has 0 atom stereocenters. The van der Waals surface area contributed by atoms with Gasteiger partial charge in [-0.05, 0) is 30.3 Å². The summed E-state index contributed by atoms with van der Waals surface area (Å²) >= 11 is 11.6. The van der Waals surface area contributed by atoms with Crippen molar-refractivity contribution in [3.63, 3.8) is 0 Å². The Hall–Kier alpha value is -2.45. The van der Waals surface area contributed by atoms with E-state index in [9.17, 15) is 22.8 Å². The number of carbonyl (C=O) groups excluding carboxylic acids is 2. The monoisotopic (exact) mass is 406 g/mol. The molecular weight excluding hydrogens is 396 g/mol. The maximum atomic E-state index is 12.4. The number of anilines is 2. The molecule has 0 spiro atoms. The summed E-state index contributed by atoms with van der Waals surface area (Å²) in [5.74, 6) is -2.60. The van der Waals surface area contributed by atoms with Gasteiger partial charge in [0.05, 0.1) is 16.4 Å². The number of hydrogen-bond acceptors (Lipinski definition) is 3. The van der Waals surface area contributed by atoms with Crippen molar-refractivity contribution in [3.8, 4) is 5.75 Å². The molecule has 2 aromatic carbocycles. The van der Waals surface area contributed by atoms with Gasteiger partial charge >= 0.3 is 12.1 Å². The largest absolute Gasteiger partial charge is 0.482 e. The molecule has 0 aromatic heterocycles. The van der Waals surface area contributed by atoms with Gasteiger partial charge < -0.3 is 15.4 Å². The Labute approximate surface area is 156 Å². The number of alkyl halides is 3. The molecule has 26 heavy (non-hydrogen) atoms. The van der Waals surface area contributed by atoms with E-state index in [1.165, 1.54) is 42.5 Å². The average Bonchev–Trinajstić information content (AvgIpc) is 2.55. The van der Waals surface area contributed by atoms with Gasteiger partial charge in [0, 0.05) is 5.02 Å². The molecule has 0 aliphatic rings. The first kappa shape index (κ1) is 19.9. The molecule has 0 unspecified atom stereocenters. The van der Waals surface area contributed by atoms with Gasteiger partial charge in [0.15, 0.2) is 6.61 Å². The highest BCUT2D eigenvalue weighted by Gasteiger charge is 2.39. The van der Waals surface area contributed by atoms with Crippen LogP contribution < -0.4 is 15.4 Å². The molecule has 10 heteroatoms. The molecule has 138 valence electrons. The molecule has 2 aromatic rings. The van der Waals surface area contributed by atoms with Crippen LogP contribution in [0.25, 0.3) is 0 Å². The van der Waals surface area contributed by atoms with E-state index in [1.54, 1.807) is 5.32 Å². The molecule has 5 nitrogen and oxygen atoms in total. The van der Waals surface area contributed by atoms with Crippen LogP contribution in [0.4, 0.5) is 24.5 Å². The van der Waals surface area contributed by atoms with Crippen LogP contribution >= 0.6 is 23.2 Å².